The van der Waals surface area contributed by atoms with Crippen LogP contribution in [0.4, 0.5) is 10.8 Å². The van der Waals surface area contributed by atoms with Crippen LogP contribution in [-0.2, 0) is 17.9 Å². The van der Waals surface area contributed by atoms with Crippen LogP contribution in [-0.4, -0.2) is 22.3 Å². The minimum atomic E-state index is -0.0305. The second-order valence-electron chi connectivity index (χ2n) is 7.04. The Morgan fingerprint density at radius 1 is 1.04 bits per heavy atom. The highest BCUT2D eigenvalue weighted by Gasteiger charge is 2.18. The first-order valence-electron chi connectivity index (χ1n) is 9.56. The minimum Gasteiger partial charge on any atom is -0.293 e. The summed E-state index contributed by atoms with van der Waals surface area (Å²) in [4.78, 5) is 21.1. The highest BCUT2D eigenvalue weighted by Crippen LogP contribution is 2.29. The fraction of sp³-hybridized carbons (Fsp3) is 0.304. The van der Waals surface area contributed by atoms with Crippen LogP contribution < -0.4 is 4.90 Å². The van der Waals surface area contributed by atoms with Gasteiger partial charge in [0.1, 0.15) is 0 Å². The van der Waals surface area contributed by atoms with E-state index in [9.17, 15) is 4.79 Å². The molecule has 3 aromatic rings. The van der Waals surface area contributed by atoms with E-state index in [-0.39, 0.29) is 5.91 Å². The van der Waals surface area contributed by atoms with Crippen LogP contribution in [0.2, 0.25) is 0 Å². The SMILES string of the molecule is CCN(Cc1csc(N(C(C)=O)c2ccc(C)cc2)n1)Cc1ccccc1C. The summed E-state index contributed by atoms with van der Waals surface area (Å²) in [5.41, 5.74) is 5.66. The Bertz CT molecular complexity index is 933. The fourth-order valence-electron chi connectivity index (χ4n) is 3.13. The molecule has 0 saturated carbocycles. The fourth-order valence-corrected chi connectivity index (χ4v) is 4.01. The van der Waals surface area contributed by atoms with Gasteiger partial charge in [-0.2, -0.15) is 0 Å². The number of thiazole rings is 1. The minimum absolute atomic E-state index is 0.0305. The third-order valence-electron chi connectivity index (χ3n) is 4.83. The summed E-state index contributed by atoms with van der Waals surface area (Å²) in [6.07, 6.45) is 0. The van der Waals surface area contributed by atoms with Crippen LogP contribution in [0.25, 0.3) is 0 Å². The Hall–Kier alpha value is -2.50. The lowest BCUT2D eigenvalue weighted by molar-refractivity contribution is -0.115. The Labute approximate surface area is 171 Å². The third kappa shape index (κ3) is 4.86. The maximum atomic E-state index is 12.3. The predicted octanol–water partition coefficient (Wildman–Crippen LogP) is 5.47. The monoisotopic (exact) mass is 393 g/mol. The lowest BCUT2D eigenvalue weighted by atomic mass is 10.1. The van der Waals surface area contributed by atoms with Crippen LogP contribution >= 0.6 is 11.3 Å². The van der Waals surface area contributed by atoms with Crippen molar-refractivity contribution in [3.05, 3.63) is 76.3 Å². The molecular formula is C23H27N3OS. The molecule has 0 unspecified atom stereocenters. The molecule has 1 heterocycles. The molecule has 3 rings (SSSR count). The standard InChI is InChI=1S/C23H27N3OS/c1-5-25(14-20-9-7-6-8-18(20)3)15-21-16-28-23(24-21)26(19(4)27)22-12-10-17(2)11-13-22/h6-13,16H,5,14-15H2,1-4H3. The number of amides is 1. The first-order chi connectivity index (χ1) is 13.5. The maximum absolute atomic E-state index is 12.3. The first kappa shape index (κ1) is 20.2. The van der Waals surface area contributed by atoms with Gasteiger partial charge >= 0.3 is 0 Å². The lowest BCUT2D eigenvalue weighted by Crippen LogP contribution is -2.24. The highest BCUT2D eigenvalue weighted by molar-refractivity contribution is 7.14. The molecule has 2 aromatic carbocycles. The summed E-state index contributed by atoms with van der Waals surface area (Å²) in [6, 6.07) is 16.5. The smallest absolute Gasteiger partial charge is 0.230 e. The zero-order valence-electron chi connectivity index (χ0n) is 17.0. The summed E-state index contributed by atoms with van der Waals surface area (Å²) in [5.74, 6) is -0.0305. The number of benzene rings is 2. The van der Waals surface area contributed by atoms with Gasteiger partial charge in [-0.05, 0) is 43.7 Å². The van der Waals surface area contributed by atoms with Gasteiger partial charge in [0, 0.05) is 25.4 Å². The van der Waals surface area contributed by atoms with Crippen molar-refractivity contribution in [2.24, 2.45) is 0 Å². The Kier molecular flexibility index (Phi) is 6.60. The normalized spacial score (nSPS) is 11.0. The van der Waals surface area contributed by atoms with E-state index in [2.05, 4.69) is 48.4 Å². The van der Waals surface area contributed by atoms with Gasteiger partial charge in [-0.15, -0.1) is 11.3 Å². The molecule has 146 valence electrons. The van der Waals surface area contributed by atoms with Crippen LogP contribution in [0.1, 0.15) is 36.2 Å². The van der Waals surface area contributed by atoms with Crippen LogP contribution in [0.3, 0.4) is 0 Å². The molecule has 0 aliphatic carbocycles. The predicted molar refractivity (Wildman–Crippen MR) is 117 cm³/mol. The van der Waals surface area contributed by atoms with E-state index in [1.165, 1.54) is 28.0 Å². The number of aromatic nitrogens is 1. The molecule has 1 amide bonds. The van der Waals surface area contributed by atoms with Crippen molar-refractivity contribution >= 4 is 28.1 Å². The molecular weight excluding hydrogens is 366 g/mol. The molecule has 4 nitrogen and oxygen atoms in total. The molecule has 5 heteroatoms. The van der Waals surface area contributed by atoms with E-state index >= 15 is 0 Å². The molecule has 0 radical (unpaired) electrons. The van der Waals surface area contributed by atoms with Crippen molar-refractivity contribution in [2.75, 3.05) is 11.4 Å². The topological polar surface area (TPSA) is 36.4 Å². The Morgan fingerprint density at radius 2 is 1.75 bits per heavy atom. The van der Waals surface area contributed by atoms with Gasteiger partial charge in [0.15, 0.2) is 5.13 Å². The van der Waals surface area contributed by atoms with E-state index in [0.29, 0.717) is 0 Å². The number of hydrogen-bond acceptors (Lipinski definition) is 4. The summed E-state index contributed by atoms with van der Waals surface area (Å²) >= 11 is 1.51. The second kappa shape index (κ2) is 9.13. The zero-order chi connectivity index (χ0) is 20.1. The average molecular weight is 394 g/mol. The maximum Gasteiger partial charge on any atom is 0.230 e. The van der Waals surface area contributed by atoms with E-state index in [0.717, 1.165) is 36.1 Å². The van der Waals surface area contributed by atoms with Gasteiger partial charge in [0.25, 0.3) is 0 Å². The van der Waals surface area contributed by atoms with Crippen molar-refractivity contribution in [3.8, 4) is 0 Å². The number of carbonyl (C=O) groups excluding carboxylic acids is 1. The quantitative estimate of drug-likeness (QED) is 0.534. The zero-order valence-corrected chi connectivity index (χ0v) is 17.8. The van der Waals surface area contributed by atoms with Crippen molar-refractivity contribution in [1.82, 2.24) is 9.88 Å². The third-order valence-corrected chi connectivity index (χ3v) is 5.70. The van der Waals surface area contributed by atoms with E-state index in [4.69, 9.17) is 4.98 Å². The van der Waals surface area contributed by atoms with Crippen LogP contribution in [0, 0.1) is 13.8 Å². The average Bonchev–Trinajstić information content (AvgIpc) is 3.12. The first-order valence-corrected chi connectivity index (χ1v) is 10.4. The number of carbonyl (C=O) groups is 1. The van der Waals surface area contributed by atoms with Gasteiger partial charge < -0.3 is 0 Å². The molecule has 0 aliphatic rings. The van der Waals surface area contributed by atoms with E-state index in [1.807, 2.05) is 31.2 Å². The van der Waals surface area contributed by atoms with Crippen molar-refractivity contribution in [3.63, 3.8) is 0 Å². The van der Waals surface area contributed by atoms with Gasteiger partial charge in [0.05, 0.1) is 11.4 Å². The number of anilines is 2. The molecule has 0 atom stereocenters. The van der Waals surface area contributed by atoms with Gasteiger partial charge in [-0.25, -0.2) is 4.98 Å². The second-order valence-corrected chi connectivity index (χ2v) is 7.88. The molecule has 0 bridgehead atoms. The van der Waals surface area contributed by atoms with Gasteiger partial charge in [0.2, 0.25) is 5.91 Å². The van der Waals surface area contributed by atoms with E-state index in [1.54, 1.807) is 11.8 Å². The van der Waals surface area contributed by atoms with Crippen molar-refractivity contribution < 1.29 is 4.79 Å². The number of aryl methyl sites for hydroxylation is 2. The largest absolute Gasteiger partial charge is 0.293 e. The van der Waals surface area contributed by atoms with Crippen LogP contribution in [0.5, 0.6) is 0 Å². The summed E-state index contributed by atoms with van der Waals surface area (Å²) in [5, 5.41) is 2.78. The molecule has 1 aromatic heterocycles. The lowest BCUT2D eigenvalue weighted by Gasteiger charge is -2.21. The van der Waals surface area contributed by atoms with Gasteiger partial charge in [-0.3, -0.25) is 14.6 Å². The Morgan fingerprint density at radius 3 is 2.39 bits per heavy atom. The molecule has 0 fully saturated rings. The van der Waals surface area contributed by atoms with Crippen molar-refractivity contribution in [1.29, 1.82) is 0 Å². The molecule has 0 saturated heterocycles. The molecule has 0 aliphatic heterocycles. The van der Waals surface area contributed by atoms with Crippen LogP contribution in [0.15, 0.2) is 53.9 Å². The number of nitrogens with zero attached hydrogens (tertiary/aromatic N) is 3. The summed E-state index contributed by atoms with van der Waals surface area (Å²) in [6.45, 7) is 10.5. The summed E-state index contributed by atoms with van der Waals surface area (Å²) < 4.78 is 0. The van der Waals surface area contributed by atoms with Gasteiger partial charge in [-0.1, -0.05) is 48.9 Å². The molecule has 28 heavy (non-hydrogen) atoms. The summed E-state index contributed by atoms with van der Waals surface area (Å²) in [7, 11) is 0. The van der Waals surface area contributed by atoms with E-state index < -0.39 is 0 Å². The number of rotatable bonds is 7. The molecule has 0 N–H and O–H groups in total. The van der Waals surface area contributed by atoms with Crippen molar-refractivity contribution in [2.45, 2.75) is 40.8 Å². The molecule has 0 spiro atoms. The highest BCUT2D eigenvalue weighted by atomic mass is 32.1. The number of hydrogen-bond donors (Lipinski definition) is 0. The Balaban J connectivity index is 1.77.